The van der Waals surface area contributed by atoms with Gasteiger partial charge in [-0.25, -0.2) is 0 Å². The van der Waals surface area contributed by atoms with E-state index in [4.69, 9.17) is 4.74 Å². The highest BCUT2D eigenvalue weighted by Gasteiger charge is 2.08. The van der Waals surface area contributed by atoms with Gasteiger partial charge in [0.25, 0.3) is 0 Å². The van der Waals surface area contributed by atoms with Crippen LogP contribution in [0.4, 0.5) is 5.69 Å². The summed E-state index contributed by atoms with van der Waals surface area (Å²) in [6.07, 6.45) is 1.13. The molecule has 1 aromatic rings. The van der Waals surface area contributed by atoms with Crippen LogP contribution in [-0.4, -0.2) is 33.3 Å². The van der Waals surface area contributed by atoms with E-state index >= 15 is 0 Å². The van der Waals surface area contributed by atoms with Crippen molar-refractivity contribution >= 4 is 5.69 Å². The van der Waals surface area contributed by atoms with Crippen molar-refractivity contribution in [3.63, 3.8) is 0 Å². The third-order valence-electron chi connectivity index (χ3n) is 2.95. The Morgan fingerprint density at radius 3 is 2.71 bits per heavy atom. The van der Waals surface area contributed by atoms with Gasteiger partial charge in [0.2, 0.25) is 0 Å². The van der Waals surface area contributed by atoms with Crippen LogP contribution in [0.5, 0.6) is 5.75 Å². The predicted molar refractivity (Wildman–Crippen MR) is 74.0 cm³/mol. The van der Waals surface area contributed by atoms with Crippen LogP contribution in [-0.2, 0) is 0 Å². The molecule has 0 amide bonds. The lowest BCUT2D eigenvalue weighted by atomic mass is 10.2. The first-order chi connectivity index (χ1) is 8.19. The van der Waals surface area contributed by atoms with Gasteiger partial charge in [0, 0.05) is 19.6 Å². The van der Waals surface area contributed by atoms with E-state index in [9.17, 15) is 0 Å². The fourth-order valence-electron chi connectivity index (χ4n) is 1.90. The van der Waals surface area contributed by atoms with E-state index in [-0.39, 0.29) is 0 Å². The minimum atomic E-state index is 0.553. The van der Waals surface area contributed by atoms with Crippen LogP contribution < -0.4 is 15.0 Å². The predicted octanol–water partition coefficient (Wildman–Crippen LogP) is 2.52. The normalized spacial score (nSPS) is 12.2. The van der Waals surface area contributed by atoms with Gasteiger partial charge in [-0.1, -0.05) is 19.1 Å². The molecule has 0 saturated carbocycles. The summed E-state index contributed by atoms with van der Waals surface area (Å²) >= 11 is 0. The molecule has 0 heterocycles. The molecule has 1 unspecified atom stereocenters. The zero-order valence-corrected chi connectivity index (χ0v) is 11.4. The molecule has 3 heteroatoms. The Hall–Kier alpha value is -1.22. The molecule has 0 radical (unpaired) electrons. The maximum atomic E-state index is 5.36. The molecule has 0 fully saturated rings. The smallest absolute Gasteiger partial charge is 0.142 e. The van der Waals surface area contributed by atoms with Gasteiger partial charge in [0.1, 0.15) is 5.75 Å². The van der Waals surface area contributed by atoms with Crippen molar-refractivity contribution in [3.05, 3.63) is 24.3 Å². The van der Waals surface area contributed by atoms with E-state index < -0.39 is 0 Å². The van der Waals surface area contributed by atoms with Crippen molar-refractivity contribution in [2.24, 2.45) is 0 Å². The van der Waals surface area contributed by atoms with Crippen LogP contribution >= 0.6 is 0 Å². The summed E-state index contributed by atoms with van der Waals surface area (Å²) in [5.74, 6) is 0.936. The number of hydrogen-bond acceptors (Lipinski definition) is 3. The number of nitrogens with one attached hydrogen (secondary N) is 1. The van der Waals surface area contributed by atoms with Gasteiger partial charge in [-0.05, 0) is 32.0 Å². The van der Waals surface area contributed by atoms with Gasteiger partial charge < -0.3 is 15.0 Å². The summed E-state index contributed by atoms with van der Waals surface area (Å²) in [6, 6.07) is 8.69. The molecule has 0 saturated heterocycles. The first-order valence-corrected chi connectivity index (χ1v) is 6.26. The fraction of sp³-hybridized carbons (Fsp3) is 0.571. The number of rotatable bonds is 7. The zero-order valence-electron chi connectivity index (χ0n) is 11.4. The molecular weight excluding hydrogens is 212 g/mol. The largest absolute Gasteiger partial charge is 0.495 e. The van der Waals surface area contributed by atoms with Gasteiger partial charge in [-0.2, -0.15) is 0 Å². The summed E-state index contributed by atoms with van der Waals surface area (Å²) in [4.78, 5) is 2.24. The lowest BCUT2D eigenvalue weighted by molar-refractivity contribution is 0.414. The maximum absolute atomic E-state index is 5.36. The molecule has 3 nitrogen and oxygen atoms in total. The van der Waals surface area contributed by atoms with E-state index in [2.05, 4.69) is 37.2 Å². The second kappa shape index (κ2) is 7.17. The number of nitrogens with zero attached hydrogens (tertiary/aromatic N) is 1. The highest BCUT2D eigenvalue weighted by molar-refractivity contribution is 5.57. The number of ether oxygens (including phenoxy) is 1. The molecular formula is C14H24N2O. The van der Waals surface area contributed by atoms with Gasteiger partial charge in [0.15, 0.2) is 0 Å². The molecule has 96 valence electrons. The molecule has 0 bridgehead atoms. The van der Waals surface area contributed by atoms with Crippen molar-refractivity contribution in [1.82, 2.24) is 5.32 Å². The van der Waals surface area contributed by atoms with Crippen LogP contribution in [0.3, 0.4) is 0 Å². The first-order valence-electron chi connectivity index (χ1n) is 6.26. The number of hydrogen-bond donors (Lipinski definition) is 1. The Kier molecular flexibility index (Phi) is 5.84. The Balaban J connectivity index is 2.54. The molecule has 0 aromatic heterocycles. The van der Waals surface area contributed by atoms with Gasteiger partial charge in [-0.15, -0.1) is 0 Å². The molecule has 0 spiro atoms. The summed E-state index contributed by atoms with van der Waals surface area (Å²) in [5.41, 5.74) is 1.15. The zero-order chi connectivity index (χ0) is 12.7. The molecule has 1 rings (SSSR count). The highest BCUT2D eigenvalue weighted by atomic mass is 16.5. The Morgan fingerprint density at radius 2 is 2.06 bits per heavy atom. The van der Waals surface area contributed by atoms with E-state index in [1.165, 1.54) is 0 Å². The quantitative estimate of drug-likeness (QED) is 0.787. The number of benzene rings is 1. The average Bonchev–Trinajstić information content (AvgIpc) is 2.36. The topological polar surface area (TPSA) is 24.5 Å². The van der Waals surface area contributed by atoms with Crippen LogP contribution in [0.15, 0.2) is 24.3 Å². The van der Waals surface area contributed by atoms with Crippen LogP contribution in [0, 0.1) is 0 Å². The van der Waals surface area contributed by atoms with E-state index in [0.29, 0.717) is 6.04 Å². The Morgan fingerprint density at radius 1 is 1.35 bits per heavy atom. The molecule has 0 aliphatic heterocycles. The van der Waals surface area contributed by atoms with Crippen molar-refractivity contribution in [3.8, 4) is 5.75 Å². The van der Waals surface area contributed by atoms with Gasteiger partial charge in [0.05, 0.1) is 12.8 Å². The fourth-order valence-corrected chi connectivity index (χ4v) is 1.90. The van der Waals surface area contributed by atoms with Gasteiger partial charge in [-0.3, -0.25) is 0 Å². The van der Waals surface area contributed by atoms with Crippen molar-refractivity contribution < 1.29 is 4.74 Å². The second-order valence-corrected chi connectivity index (χ2v) is 4.34. The summed E-state index contributed by atoms with van der Waals surface area (Å²) < 4.78 is 5.36. The molecule has 0 aliphatic carbocycles. The standard InChI is InChI=1S/C14H24N2O/c1-5-15-12(2)10-11-16(3)13-8-6-7-9-14(13)17-4/h6-9,12,15H,5,10-11H2,1-4H3. The van der Waals surface area contributed by atoms with Gasteiger partial charge >= 0.3 is 0 Å². The second-order valence-electron chi connectivity index (χ2n) is 4.34. The van der Waals surface area contributed by atoms with Crippen molar-refractivity contribution in [2.45, 2.75) is 26.3 Å². The van der Waals surface area contributed by atoms with Crippen LogP contribution in [0.2, 0.25) is 0 Å². The first kappa shape index (κ1) is 13.8. The van der Waals surface area contributed by atoms with Crippen molar-refractivity contribution in [2.75, 3.05) is 32.1 Å². The van der Waals surface area contributed by atoms with Crippen LogP contribution in [0.25, 0.3) is 0 Å². The minimum Gasteiger partial charge on any atom is -0.495 e. The molecule has 0 aliphatic rings. The molecule has 1 atom stereocenters. The molecule has 17 heavy (non-hydrogen) atoms. The van der Waals surface area contributed by atoms with E-state index in [1.54, 1.807) is 7.11 Å². The Bertz CT molecular complexity index is 328. The monoisotopic (exact) mass is 236 g/mol. The maximum Gasteiger partial charge on any atom is 0.142 e. The average molecular weight is 236 g/mol. The van der Waals surface area contributed by atoms with Crippen LogP contribution in [0.1, 0.15) is 20.3 Å². The SMILES string of the molecule is CCNC(C)CCN(C)c1ccccc1OC. The number of para-hydroxylation sites is 2. The highest BCUT2D eigenvalue weighted by Crippen LogP contribution is 2.26. The number of anilines is 1. The lowest BCUT2D eigenvalue weighted by Gasteiger charge is -2.23. The van der Waals surface area contributed by atoms with E-state index in [1.807, 2.05) is 18.2 Å². The minimum absolute atomic E-state index is 0.553. The molecule has 1 aromatic carbocycles. The summed E-state index contributed by atoms with van der Waals surface area (Å²) in [6.45, 7) is 6.41. The third-order valence-corrected chi connectivity index (χ3v) is 2.95. The summed E-state index contributed by atoms with van der Waals surface area (Å²) in [7, 11) is 3.82. The Labute approximate surface area is 105 Å². The van der Waals surface area contributed by atoms with E-state index in [0.717, 1.165) is 30.9 Å². The third kappa shape index (κ3) is 4.27. The number of methoxy groups -OCH3 is 1. The van der Waals surface area contributed by atoms with Crippen molar-refractivity contribution in [1.29, 1.82) is 0 Å². The molecule has 1 N–H and O–H groups in total. The lowest BCUT2D eigenvalue weighted by Crippen LogP contribution is -2.30. The summed E-state index contributed by atoms with van der Waals surface area (Å²) in [5, 5.41) is 3.42.